The zero-order chi connectivity index (χ0) is 13.0. The van der Waals surface area contributed by atoms with Gasteiger partial charge in [0, 0.05) is 25.2 Å². The van der Waals surface area contributed by atoms with E-state index in [-0.39, 0.29) is 6.10 Å². The summed E-state index contributed by atoms with van der Waals surface area (Å²) in [5, 5.41) is 0. The zero-order valence-corrected chi connectivity index (χ0v) is 11.9. The molecule has 1 fully saturated rings. The van der Waals surface area contributed by atoms with E-state index in [2.05, 4.69) is 9.88 Å². The van der Waals surface area contributed by atoms with Crippen molar-refractivity contribution in [2.45, 2.75) is 32.8 Å². The standard InChI is InChI=1S/C14H21ClN2O/c1-11(2)18-13-4-3-8-16-14(13)17-9-6-12(10-17)5-7-15/h3-4,8,11-12H,5-7,9-10H2,1-2H3. The Labute approximate surface area is 114 Å². The van der Waals surface area contributed by atoms with E-state index in [0.29, 0.717) is 5.92 Å². The molecular weight excluding hydrogens is 248 g/mol. The SMILES string of the molecule is CC(C)Oc1cccnc1N1CCC(CCCl)C1. The van der Waals surface area contributed by atoms with E-state index in [1.807, 2.05) is 32.2 Å². The van der Waals surface area contributed by atoms with Gasteiger partial charge in [0.25, 0.3) is 0 Å². The van der Waals surface area contributed by atoms with Crippen LogP contribution in [-0.2, 0) is 0 Å². The van der Waals surface area contributed by atoms with Crippen molar-refractivity contribution in [3.8, 4) is 5.75 Å². The molecule has 18 heavy (non-hydrogen) atoms. The lowest BCUT2D eigenvalue weighted by Crippen LogP contribution is -2.22. The highest BCUT2D eigenvalue weighted by Gasteiger charge is 2.25. The van der Waals surface area contributed by atoms with Gasteiger partial charge in [-0.15, -0.1) is 11.6 Å². The summed E-state index contributed by atoms with van der Waals surface area (Å²) >= 11 is 5.82. The van der Waals surface area contributed by atoms with Crippen LogP contribution in [0, 0.1) is 5.92 Å². The van der Waals surface area contributed by atoms with Gasteiger partial charge in [-0.3, -0.25) is 0 Å². The van der Waals surface area contributed by atoms with Gasteiger partial charge in [-0.25, -0.2) is 4.98 Å². The third-order valence-corrected chi connectivity index (χ3v) is 3.43. The summed E-state index contributed by atoms with van der Waals surface area (Å²) in [5.74, 6) is 3.30. The van der Waals surface area contributed by atoms with Gasteiger partial charge in [0.05, 0.1) is 6.10 Å². The zero-order valence-electron chi connectivity index (χ0n) is 11.1. The minimum atomic E-state index is 0.175. The predicted octanol–water partition coefficient (Wildman–Crippen LogP) is 3.32. The van der Waals surface area contributed by atoms with Crippen molar-refractivity contribution in [3.63, 3.8) is 0 Å². The second-order valence-corrected chi connectivity index (χ2v) is 5.45. The van der Waals surface area contributed by atoms with Crippen molar-refractivity contribution in [2.24, 2.45) is 5.92 Å². The highest BCUT2D eigenvalue weighted by atomic mass is 35.5. The number of hydrogen-bond acceptors (Lipinski definition) is 3. The Bertz CT molecular complexity index is 384. The summed E-state index contributed by atoms with van der Waals surface area (Å²) in [7, 11) is 0. The van der Waals surface area contributed by atoms with Crippen molar-refractivity contribution in [3.05, 3.63) is 18.3 Å². The molecule has 2 rings (SSSR count). The van der Waals surface area contributed by atoms with Crippen molar-refractivity contribution in [2.75, 3.05) is 23.9 Å². The molecule has 0 bridgehead atoms. The second-order valence-electron chi connectivity index (χ2n) is 5.07. The molecule has 0 aliphatic carbocycles. The molecule has 1 aromatic heterocycles. The average Bonchev–Trinajstić information content (AvgIpc) is 2.78. The van der Waals surface area contributed by atoms with E-state index in [1.54, 1.807) is 0 Å². The first-order chi connectivity index (χ1) is 8.70. The second kappa shape index (κ2) is 6.28. The van der Waals surface area contributed by atoms with E-state index < -0.39 is 0 Å². The highest BCUT2D eigenvalue weighted by molar-refractivity contribution is 6.17. The number of aromatic nitrogens is 1. The average molecular weight is 269 g/mol. The Morgan fingerprint density at radius 2 is 2.39 bits per heavy atom. The van der Waals surface area contributed by atoms with Crippen LogP contribution in [0.15, 0.2) is 18.3 Å². The summed E-state index contributed by atoms with van der Waals surface area (Å²) in [6, 6.07) is 3.92. The maximum atomic E-state index is 5.82. The Morgan fingerprint density at radius 3 is 3.11 bits per heavy atom. The number of pyridine rings is 1. The summed E-state index contributed by atoms with van der Waals surface area (Å²) in [4.78, 5) is 6.79. The molecule has 1 saturated heterocycles. The number of ether oxygens (including phenoxy) is 1. The van der Waals surface area contributed by atoms with Crippen LogP contribution >= 0.6 is 11.6 Å². The van der Waals surface area contributed by atoms with Crippen LogP contribution in [-0.4, -0.2) is 30.1 Å². The van der Waals surface area contributed by atoms with E-state index in [9.17, 15) is 0 Å². The summed E-state index contributed by atoms with van der Waals surface area (Å²) < 4.78 is 5.82. The van der Waals surface area contributed by atoms with Crippen LogP contribution in [0.4, 0.5) is 5.82 Å². The quantitative estimate of drug-likeness (QED) is 0.766. The van der Waals surface area contributed by atoms with Gasteiger partial charge < -0.3 is 9.64 Å². The van der Waals surface area contributed by atoms with Gasteiger partial charge in [0.15, 0.2) is 11.6 Å². The molecule has 4 heteroatoms. The molecule has 1 aliphatic rings. The van der Waals surface area contributed by atoms with Gasteiger partial charge >= 0.3 is 0 Å². The van der Waals surface area contributed by atoms with Crippen molar-refractivity contribution < 1.29 is 4.74 Å². The van der Waals surface area contributed by atoms with Crippen LogP contribution in [0.3, 0.4) is 0 Å². The summed E-state index contributed by atoms with van der Waals surface area (Å²) in [5.41, 5.74) is 0. The number of nitrogens with zero attached hydrogens (tertiary/aromatic N) is 2. The number of alkyl halides is 1. The van der Waals surface area contributed by atoms with Gasteiger partial charge in [0.2, 0.25) is 0 Å². The molecule has 100 valence electrons. The van der Waals surface area contributed by atoms with Crippen LogP contribution in [0.1, 0.15) is 26.7 Å². The molecule has 2 heterocycles. The maximum Gasteiger partial charge on any atom is 0.171 e. The van der Waals surface area contributed by atoms with Crippen LogP contribution in [0.5, 0.6) is 5.75 Å². The first-order valence-corrected chi connectivity index (χ1v) is 7.16. The summed E-state index contributed by atoms with van der Waals surface area (Å²) in [6.45, 7) is 6.17. The third kappa shape index (κ3) is 3.29. The number of rotatable bonds is 5. The fourth-order valence-electron chi connectivity index (χ4n) is 2.38. The topological polar surface area (TPSA) is 25.4 Å². The molecule has 0 radical (unpaired) electrons. The Morgan fingerprint density at radius 1 is 1.56 bits per heavy atom. The normalized spacial score (nSPS) is 19.6. The fraction of sp³-hybridized carbons (Fsp3) is 0.643. The predicted molar refractivity (Wildman–Crippen MR) is 75.7 cm³/mol. The lowest BCUT2D eigenvalue weighted by molar-refractivity contribution is 0.242. The van der Waals surface area contributed by atoms with Crippen molar-refractivity contribution in [1.82, 2.24) is 4.98 Å². The monoisotopic (exact) mass is 268 g/mol. The number of halogens is 1. The molecule has 0 saturated carbocycles. The lowest BCUT2D eigenvalue weighted by Gasteiger charge is -2.21. The first-order valence-electron chi connectivity index (χ1n) is 6.63. The highest BCUT2D eigenvalue weighted by Crippen LogP contribution is 2.31. The molecule has 1 unspecified atom stereocenters. The lowest BCUT2D eigenvalue weighted by atomic mass is 10.1. The summed E-state index contributed by atoms with van der Waals surface area (Å²) in [6.07, 6.45) is 4.29. The van der Waals surface area contributed by atoms with Gasteiger partial charge in [-0.2, -0.15) is 0 Å². The molecule has 1 atom stereocenters. The Balaban J connectivity index is 2.09. The van der Waals surface area contributed by atoms with Crippen LogP contribution < -0.4 is 9.64 Å². The molecule has 3 nitrogen and oxygen atoms in total. The maximum absolute atomic E-state index is 5.82. The van der Waals surface area contributed by atoms with E-state index >= 15 is 0 Å². The number of anilines is 1. The minimum absolute atomic E-state index is 0.175. The Kier molecular flexibility index (Phi) is 4.70. The van der Waals surface area contributed by atoms with Gasteiger partial charge in [0.1, 0.15) is 0 Å². The minimum Gasteiger partial charge on any atom is -0.487 e. The smallest absolute Gasteiger partial charge is 0.171 e. The molecule has 0 amide bonds. The van der Waals surface area contributed by atoms with E-state index in [0.717, 1.165) is 37.0 Å². The van der Waals surface area contributed by atoms with Gasteiger partial charge in [-0.05, 0) is 44.7 Å². The first kappa shape index (κ1) is 13.5. The third-order valence-electron chi connectivity index (χ3n) is 3.22. The van der Waals surface area contributed by atoms with Gasteiger partial charge in [-0.1, -0.05) is 0 Å². The van der Waals surface area contributed by atoms with Crippen molar-refractivity contribution in [1.29, 1.82) is 0 Å². The molecule has 0 spiro atoms. The molecule has 1 aromatic rings. The fourth-order valence-corrected chi connectivity index (χ4v) is 2.69. The molecule has 0 aromatic carbocycles. The van der Waals surface area contributed by atoms with Crippen LogP contribution in [0.2, 0.25) is 0 Å². The largest absolute Gasteiger partial charge is 0.487 e. The Hall–Kier alpha value is -0.960. The van der Waals surface area contributed by atoms with Crippen LogP contribution in [0.25, 0.3) is 0 Å². The molecular formula is C14H21ClN2O. The van der Waals surface area contributed by atoms with E-state index in [4.69, 9.17) is 16.3 Å². The van der Waals surface area contributed by atoms with Crippen molar-refractivity contribution >= 4 is 17.4 Å². The molecule has 0 N–H and O–H groups in total. The molecule has 1 aliphatic heterocycles. The van der Waals surface area contributed by atoms with E-state index in [1.165, 1.54) is 6.42 Å². The number of hydrogen-bond donors (Lipinski definition) is 0.